The van der Waals surface area contributed by atoms with E-state index >= 15 is 0 Å². The predicted molar refractivity (Wildman–Crippen MR) is 138 cm³/mol. The van der Waals surface area contributed by atoms with Crippen LogP contribution in [0.15, 0.2) is 72.8 Å². The average molecular weight is 476 g/mol. The van der Waals surface area contributed by atoms with Gasteiger partial charge in [-0.15, -0.1) is 0 Å². The smallest absolute Gasteiger partial charge is 0.225 e. The van der Waals surface area contributed by atoms with E-state index in [-0.39, 0.29) is 17.9 Å². The number of rotatable bonds is 6. The molecule has 5 nitrogen and oxygen atoms in total. The van der Waals surface area contributed by atoms with Crippen LogP contribution in [0.1, 0.15) is 11.1 Å². The predicted octanol–water partition coefficient (Wildman–Crippen LogP) is 4.58. The molecule has 0 saturated carbocycles. The van der Waals surface area contributed by atoms with E-state index in [1.54, 1.807) is 7.11 Å². The Kier molecular flexibility index (Phi) is 6.63. The van der Waals surface area contributed by atoms with E-state index in [4.69, 9.17) is 16.3 Å². The third-order valence-corrected chi connectivity index (χ3v) is 7.23. The number of benzene rings is 3. The standard InChI is InChI=1S/C28H30ClN3O2/c1-34-27-12-11-22(29)18-25(27)31-15-16-32-24-10-6-5-9-21(24)17-23(26(32)19-31)28(33)30-14-13-20-7-3-2-4-8-20/h2-12,18,23,26H,13-17,19H2,1H3,(H,30,33)/t23-,26+/m0/s1. The molecule has 1 fully saturated rings. The summed E-state index contributed by atoms with van der Waals surface area (Å²) in [5.74, 6) is 0.803. The van der Waals surface area contributed by atoms with Crippen LogP contribution in [0.25, 0.3) is 0 Å². The molecule has 6 heteroatoms. The van der Waals surface area contributed by atoms with Gasteiger partial charge in [-0.05, 0) is 48.2 Å². The number of nitrogens with one attached hydrogen (secondary N) is 1. The van der Waals surface area contributed by atoms with Crippen molar-refractivity contribution in [1.29, 1.82) is 0 Å². The molecule has 2 aliphatic heterocycles. The number of nitrogens with zero attached hydrogens (tertiary/aromatic N) is 2. The molecule has 0 radical (unpaired) electrons. The fourth-order valence-corrected chi connectivity index (χ4v) is 5.46. The van der Waals surface area contributed by atoms with Crippen LogP contribution in [0.5, 0.6) is 5.75 Å². The van der Waals surface area contributed by atoms with E-state index in [2.05, 4.69) is 51.5 Å². The number of para-hydroxylation sites is 1. The highest BCUT2D eigenvalue weighted by Gasteiger charge is 2.41. The number of hydrogen-bond donors (Lipinski definition) is 1. The summed E-state index contributed by atoms with van der Waals surface area (Å²) in [4.78, 5) is 18.2. The van der Waals surface area contributed by atoms with Crippen molar-refractivity contribution in [2.75, 3.05) is 43.1 Å². The summed E-state index contributed by atoms with van der Waals surface area (Å²) in [5, 5.41) is 3.90. The topological polar surface area (TPSA) is 44.8 Å². The number of amides is 1. The number of methoxy groups -OCH3 is 1. The molecule has 176 valence electrons. The molecule has 0 spiro atoms. The minimum atomic E-state index is -0.126. The van der Waals surface area contributed by atoms with Crippen molar-refractivity contribution in [3.63, 3.8) is 0 Å². The summed E-state index contributed by atoms with van der Waals surface area (Å²) in [5.41, 5.74) is 4.71. The molecule has 0 aliphatic carbocycles. The molecular formula is C28H30ClN3O2. The second-order valence-electron chi connectivity index (χ2n) is 8.99. The van der Waals surface area contributed by atoms with E-state index in [1.165, 1.54) is 16.8 Å². The van der Waals surface area contributed by atoms with Crippen molar-refractivity contribution in [2.24, 2.45) is 5.92 Å². The van der Waals surface area contributed by atoms with E-state index in [0.29, 0.717) is 11.6 Å². The first kappa shape index (κ1) is 22.6. The Hall–Kier alpha value is -3.18. The van der Waals surface area contributed by atoms with Gasteiger partial charge in [-0.2, -0.15) is 0 Å². The van der Waals surface area contributed by atoms with Crippen LogP contribution in [-0.2, 0) is 17.6 Å². The number of carbonyl (C=O) groups is 1. The molecule has 1 saturated heterocycles. The SMILES string of the molecule is COc1ccc(Cl)cc1N1CCN2c3ccccc3C[C@H](C(=O)NCCc3ccccc3)[C@H]2C1. The zero-order valence-electron chi connectivity index (χ0n) is 19.4. The van der Waals surface area contributed by atoms with Crippen LogP contribution >= 0.6 is 11.6 Å². The first-order valence-electron chi connectivity index (χ1n) is 11.9. The van der Waals surface area contributed by atoms with Crippen molar-refractivity contribution in [2.45, 2.75) is 18.9 Å². The fourth-order valence-electron chi connectivity index (χ4n) is 5.29. The summed E-state index contributed by atoms with van der Waals surface area (Å²) < 4.78 is 5.62. The second kappa shape index (κ2) is 9.98. The summed E-state index contributed by atoms with van der Waals surface area (Å²) in [6.45, 7) is 3.05. The van der Waals surface area contributed by atoms with E-state index < -0.39 is 0 Å². The molecule has 2 atom stereocenters. The largest absolute Gasteiger partial charge is 0.495 e. The maximum Gasteiger partial charge on any atom is 0.225 e. The van der Waals surface area contributed by atoms with Crippen molar-refractivity contribution in [3.8, 4) is 5.75 Å². The van der Waals surface area contributed by atoms with Crippen molar-refractivity contribution < 1.29 is 9.53 Å². The van der Waals surface area contributed by atoms with Gasteiger partial charge in [-0.25, -0.2) is 0 Å². The number of halogens is 1. The van der Waals surface area contributed by atoms with Gasteiger partial charge in [0.05, 0.1) is 24.8 Å². The van der Waals surface area contributed by atoms with Crippen LogP contribution < -0.4 is 19.9 Å². The normalized spacial score (nSPS) is 19.2. The van der Waals surface area contributed by atoms with Gasteiger partial charge in [0.15, 0.2) is 0 Å². The third kappa shape index (κ3) is 4.58. The Bertz CT molecular complexity index is 1150. The lowest BCUT2D eigenvalue weighted by Crippen LogP contribution is -2.61. The molecule has 0 unspecified atom stereocenters. The van der Waals surface area contributed by atoms with Gasteiger partial charge in [0.2, 0.25) is 5.91 Å². The van der Waals surface area contributed by atoms with Crippen LogP contribution in [0.4, 0.5) is 11.4 Å². The maximum absolute atomic E-state index is 13.5. The molecule has 1 N–H and O–H groups in total. The van der Waals surface area contributed by atoms with Crippen molar-refractivity contribution >= 4 is 28.9 Å². The highest BCUT2D eigenvalue weighted by Crippen LogP contribution is 2.39. The first-order chi connectivity index (χ1) is 16.6. The van der Waals surface area contributed by atoms with Gasteiger partial charge in [-0.1, -0.05) is 60.1 Å². The Balaban J connectivity index is 1.37. The van der Waals surface area contributed by atoms with Gasteiger partial charge < -0.3 is 19.9 Å². The molecular weight excluding hydrogens is 446 g/mol. The Morgan fingerprint density at radius 1 is 1.03 bits per heavy atom. The summed E-state index contributed by atoms with van der Waals surface area (Å²) >= 11 is 6.33. The van der Waals surface area contributed by atoms with Gasteiger partial charge in [0.25, 0.3) is 0 Å². The monoisotopic (exact) mass is 475 g/mol. The van der Waals surface area contributed by atoms with Gasteiger partial charge in [0.1, 0.15) is 5.75 Å². The molecule has 5 rings (SSSR count). The van der Waals surface area contributed by atoms with Gasteiger partial charge >= 0.3 is 0 Å². The molecule has 2 heterocycles. The zero-order chi connectivity index (χ0) is 23.5. The average Bonchev–Trinajstić information content (AvgIpc) is 2.88. The molecule has 34 heavy (non-hydrogen) atoms. The summed E-state index contributed by atoms with van der Waals surface area (Å²) in [6, 6.07) is 24.6. The number of ether oxygens (including phenoxy) is 1. The number of fused-ring (bicyclic) bond motifs is 3. The molecule has 0 aromatic heterocycles. The molecule has 3 aromatic rings. The van der Waals surface area contributed by atoms with Crippen LogP contribution in [0, 0.1) is 5.92 Å². The van der Waals surface area contributed by atoms with Crippen molar-refractivity contribution in [3.05, 3.63) is 88.9 Å². The van der Waals surface area contributed by atoms with E-state index in [9.17, 15) is 4.79 Å². The maximum atomic E-state index is 13.5. The second-order valence-corrected chi connectivity index (χ2v) is 9.43. The van der Waals surface area contributed by atoms with Crippen LogP contribution in [-0.4, -0.2) is 45.2 Å². The Morgan fingerprint density at radius 2 is 1.82 bits per heavy atom. The van der Waals surface area contributed by atoms with Crippen molar-refractivity contribution in [1.82, 2.24) is 5.32 Å². The highest BCUT2D eigenvalue weighted by molar-refractivity contribution is 6.31. The van der Waals surface area contributed by atoms with Crippen LogP contribution in [0.2, 0.25) is 5.02 Å². The van der Waals surface area contributed by atoms with Gasteiger partial charge in [-0.3, -0.25) is 4.79 Å². The lowest BCUT2D eigenvalue weighted by atomic mass is 9.83. The Morgan fingerprint density at radius 3 is 2.65 bits per heavy atom. The summed E-state index contributed by atoms with van der Waals surface area (Å²) in [7, 11) is 1.68. The minimum absolute atomic E-state index is 0.0732. The quantitative estimate of drug-likeness (QED) is 0.567. The van der Waals surface area contributed by atoms with Crippen LogP contribution in [0.3, 0.4) is 0 Å². The fraction of sp³-hybridized carbons (Fsp3) is 0.321. The minimum Gasteiger partial charge on any atom is -0.495 e. The molecule has 2 aliphatic rings. The third-order valence-electron chi connectivity index (χ3n) is 7.00. The lowest BCUT2D eigenvalue weighted by molar-refractivity contribution is -0.125. The van der Waals surface area contributed by atoms with E-state index in [1.807, 2.05) is 36.4 Å². The molecule has 3 aromatic carbocycles. The summed E-state index contributed by atoms with van der Waals surface area (Å²) in [6.07, 6.45) is 1.57. The molecule has 0 bridgehead atoms. The number of anilines is 2. The first-order valence-corrected chi connectivity index (χ1v) is 12.3. The number of carbonyl (C=O) groups excluding carboxylic acids is 1. The Labute approximate surface area is 206 Å². The highest BCUT2D eigenvalue weighted by atomic mass is 35.5. The molecule has 1 amide bonds. The van der Waals surface area contributed by atoms with E-state index in [0.717, 1.165) is 43.9 Å². The number of piperazine rings is 1. The van der Waals surface area contributed by atoms with Gasteiger partial charge in [0, 0.05) is 36.9 Å². The lowest BCUT2D eigenvalue weighted by Gasteiger charge is -2.49. The number of hydrogen-bond acceptors (Lipinski definition) is 4. The zero-order valence-corrected chi connectivity index (χ0v) is 20.2.